The number of carboxylic acid groups (broad SMARTS) is 1. The predicted octanol–water partition coefficient (Wildman–Crippen LogP) is 12.3. The van der Waals surface area contributed by atoms with Gasteiger partial charge in [-0.2, -0.15) is 0 Å². The Morgan fingerprint density at radius 2 is 0.948 bits per heavy atom. The average Bonchev–Trinajstić information content (AvgIpc) is 3.18. The molecule has 58 heavy (non-hydrogen) atoms. The van der Waals surface area contributed by atoms with Crippen LogP contribution in [0, 0.1) is 0 Å². The monoisotopic (exact) mass is 820 g/mol. The summed E-state index contributed by atoms with van der Waals surface area (Å²) >= 11 is 0. The highest BCUT2D eigenvalue weighted by atomic mass is 16.6. The fraction of sp³-hybridized carbons (Fsp3) is 0.860. The molecule has 0 heterocycles. The van der Waals surface area contributed by atoms with Crippen molar-refractivity contribution < 1.29 is 38.2 Å². The number of likely N-dealkylation sites (N-methyl/N-ethyl adjacent to an activating group) is 1. The van der Waals surface area contributed by atoms with Crippen LogP contribution in [0.4, 0.5) is 0 Å². The molecule has 0 radical (unpaired) electrons. The summed E-state index contributed by atoms with van der Waals surface area (Å²) in [5.41, 5.74) is 0. The van der Waals surface area contributed by atoms with Crippen LogP contribution in [0.5, 0.6) is 0 Å². The topological polar surface area (TPSA) is 102 Å². The first kappa shape index (κ1) is 55.8. The van der Waals surface area contributed by atoms with Crippen LogP contribution >= 0.6 is 0 Å². The number of carbonyl (C=O) groups excluding carboxylic acids is 3. The van der Waals surface area contributed by atoms with Crippen molar-refractivity contribution in [3.05, 3.63) is 24.3 Å². The highest BCUT2D eigenvalue weighted by Gasteiger charge is 2.25. The van der Waals surface area contributed by atoms with E-state index in [1.807, 2.05) is 6.08 Å². The van der Waals surface area contributed by atoms with Gasteiger partial charge in [-0.15, -0.1) is 0 Å². The Balaban J connectivity index is 4.26. The van der Waals surface area contributed by atoms with Gasteiger partial charge in [0.05, 0.1) is 40.3 Å². The molecule has 2 atom stereocenters. The van der Waals surface area contributed by atoms with Gasteiger partial charge in [0.25, 0.3) is 0 Å². The Kier molecular flexibility index (Phi) is 40.0. The van der Waals surface area contributed by atoms with E-state index in [0.717, 1.165) is 32.1 Å². The van der Waals surface area contributed by atoms with Gasteiger partial charge in [0, 0.05) is 19.3 Å². The van der Waals surface area contributed by atoms with Crippen molar-refractivity contribution in [2.75, 3.05) is 41.0 Å². The molecule has 0 spiro atoms. The second-order valence-electron chi connectivity index (χ2n) is 17.7. The quantitative estimate of drug-likeness (QED) is 0.0261. The molecule has 8 heteroatoms. The molecule has 0 aromatic heterocycles. The number of carboxylic acids is 1. The van der Waals surface area contributed by atoms with E-state index in [0.29, 0.717) is 12.8 Å². The zero-order valence-corrected chi connectivity index (χ0v) is 38.7. The third-order valence-electron chi connectivity index (χ3n) is 11.1. The summed E-state index contributed by atoms with van der Waals surface area (Å²) in [6.07, 6.45) is 46.5. The van der Waals surface area contributed by atoms with E-state index in [4.69, 9.17) is 14.2 Å². The van der Waals surface area contributed by atoms with Crippen LogP contribution in [-0.2, 0) is 28.6 Å². The average molecular weight is 820 g/mol. The Morgan fingerprint density at radius 1 is 0.517 bits per heavy atom. The van der Waals surface area contributed by atoms with E-state index in [9.17, 15) is 19.5 Å². The standard InChI is InChI=1S/C50H93NO7/c1-6-8-10-12-14-16-18-20-21-22-23-24-25-26-27-29-31-33-35-37-39-41-49(53)58-46(44-56-43-42-47(50(54)55)51(3,4)5)45-57-48(52)40-38-36-34-32-30-28-19-17-15-13-11-9-7-2/h28,30,34,36,46-47H,6-27,29,31-33,35,37-45H2,1-5H3/b30-28+,36-34+. The van der Waals surface area contributed by atoms with Crippen molar-refractivity contribution in [2.24, 2.45) is 0 Å². The first-order chi connectivity index (χ1) is 28.1. The molecule has 0 fully saturated rings. The van der Waals surface area contributed by atoms with Gasteiger partial charge < -0.3 is 28.6 Å². The maximum atomic E-state index is 12.7. The molecular formula is C50H93NO7. The van der Waals surface area contributed by atoms with E-state index < -0.39 is 18.1 Å². The van der Waals surface area contributed by atoms with Crippen molar-refractivity contribution in [2.45, 2.75) is 238 Å². The highest BCUT2D eigenvalue weighted by molar-refractivity contribution is 5.70. The Labute approximate surface area is 358 Å². The summed E-state index contributed by atoms with van der Waals surface area (Å²) in [5.74, 6) is -1.80. The summed E-state index contributed by atoms with van der Waals surface area (Å²) in [5, 5.41) is 11.6. The van der Waals surface area contributed by atoms with Gasteiger partial charge in [0.1, 0.15) is 12.6 Å². The fourth-order valence-electron chi connectivity index (χ4n) is 7.30. The maximum Gasteiger partial charge on any atom is 0.306 e. The number of allylic oxidation sites excluding steroid dienone is 4. The van der Waals surface area contributed by atoms with Crippen LogP contribution in [-0.4, -0.2) is 75.5 Å². The molecule has 0 aromatic rings. The van der Waals surface area contributed by atoms with Crippen LogP contribution in [0.1, 0.15) is 226 Å². The summed E-state index contributed by atoms with van der Waals surface area (Å²) in [4.78, 5) is 36.9. The second-order valence-corrected chi connectivity index (χ2v) is 17.7. The minimum absolute atomic E-state index is 0.0280. The van der Waals surface area contributed by atoms with Crippen LogP contribution in [0.2, 0.25) is 0 Å². The lowest BCUT2D eigenvalue weighted by Gasteiger charge is -2.34. The fourth-order valence-corrected chi connectivity index (χ4v) is 7.30. The number of quaternary nitrogens is 1. The number of ether oxygens (including phenoxy) is 3. The summed E-state index contributed by atoms with van der Waals surface area (Å²) in [6, 6.07) is -0.730. The van der Waals surface area contributed by atoms with Crippen molar-refractivity contribution in [1.82, 2.24) is 0 Å². The van der Waals surface area contributed by atoms with Crippen LogP contribution in [0.3, 0.4) is 0 Å². The van der Waals surface area contributed by atoms with E-state index in [1.54, 1.807) is 21.1 Å². The van der Waals surface area contributed by atoms with Gasteiger partial charge in [-0.25, -0.2) is 0 Å². The molecule has 0 aliphatic carbocycles. The number of rotatable bonds is 44. The largest absolute Gasteiger partial charge is 0.544 e. The van der Waals surface area contributed by atoms with E-state index in [2.05, 4.69) is 32.1 Å². The van der Waals surface area contributed by atoms with E-state index in [-0.39, 0.29) is 49.1 Å². The lowest BCUT2D eigenvalue weighted by Crippen LogP contribution is -2.55. The minimum atomic E-state index is -1.13. The molecule has 0 N–H and O–H groups in total. The van der Waals surface area contributed by atoms with Crippen molar-refractivity contribution >= 4 is 17.9 Å². The van der Waals surface area contributed by atoms with Crippen molar-refractivity contribution in [3.8, 4) is 0 Å². The van der Waals surface area contributed by atoms with Gasteiger partial charge >= 0.3 is 11.9 Å². The SMILES string of the molecule is CCCCCCCC/C=C/C/C=C/CCC(=O)OCC(COCCC(C(=O)[O-])[N+](C)(C)C)OC(=O)CCCCCCCCCCCCCCCCCCCCCCC. The van der Waals surface area contributed by atoms with Gasteiger partial charge in [0.15, 0.2) is 6.10 Å². The summed E-state index contributed by atoms with van der Waals surface area (Å²) < 4.78 is 17.1. The molecule has 0 saturated carbocycles. The molecule has 8 nitrogen and oxygen atoms in total. The molecule has 0 rings (SSSR count). The second kappa shape index (κ2) is 41.5. The van der Waals surface area contributed by atoms with Gasteiger partial charge in [0.2, 0.25) is 0 Å². The molecule has 0 aromatic carbocycles. The number of esters is 2. The number of hydrogen-bond acceptors (Lipinski definition) is 7. The highest BCUT2D eigenvalue weighted by Crippen LogP contribution is 2.16. The molecule has 0 saturated heterocycles. The van der Waals surface area contributed by atoms with Crippen molar-refractivity contribution in [1.29, 1.82) is 0 Å². The number of aliphatic carboxylic acids is 1. The van der Waals surface area contributed by atoms with Crippen LogP contribution in [0.15, 0.2) is 24.3 Å². The van der Waals surface area contributed by atoms with Crippen molar-refractivity contribution in [3.63, 3.8) is 0 Å². The van der Waals surface area contributed by atoms with Crippen LogP contribution in [0.25, 0.3) is 0 Å². The number of unbranched alkanes of at least 4 members (excludes halogenated alkanes) is 26. The molecule has 340 valence electrons. The number of carbonyl (C=O) groups is 3. The van der Waals surface area contributed by atoms with Crippen LogP contribution < -0.4 is 5.11 Å². The molecule has 0 aliphatic heterocycles. The first-order valence-corrected chi connectivity index (χ1v) is 24.4. The Hall–Kier alpha value is -2.19. The number of nitrogens with zero attached hydrogens (tertiary/aromatic N) is 1. The summed E-state index contributed by atoms with van der Waals surface area (Å²) in [6.45, 7) is 4.62. The molecule has 2 unspecified atom stereocenters. The smallest absolute Gasteiger partial charge is 0.306 e. The zero-order chi connectivity index (χ0) is 42.8. The van der Waals surface area contributed by atoms with E-state index in [1.165, 1.54) is 154 Å². The lowest BCUT2D eigenvalue weighted by molar-refractivity contribution is -0.889. The normalized spacial score (nSPS) is 13.1. The van der Waals surface area contributed by atoms with Gasteiger partial charge in [-0.1, -0.05) is 199 Å². The zero-order valence-electron chi connectivity index (χ0n) is 38.7. The van der Waals surface area contributed by atoms with E-state index >= 15 is 0 Å². The third kappa shape index (κ3) is 39.3. The summed E-state index contributed by atoms with van der Waals surface area (Å²) in [7, 11) is 5.40. The first-order valence-electron chi connectivity index (χ1n) is 24.4. The maximum absolute atomic E-state index is 12.7. The number of hydrogen-bond donors (Lipinski definition) is 0. The molecule has 0 bridgehead atoms. The third-order valence-corrected chi connectivity index (χ3v) is 11.1. The molecule has 0 aliphatic rings. The Bertz CT molecular complexity index is 1000. The molecular weight excluding hydrogens is 727 g/mol. The van der Waals surface area contributed by atoms with Gasteiger partial charge in [-0.05, 0) is 32.1 Å². The lowest BCUT2D eigenvalue weighted by atomic mass is 10.0. The Morgan fingerprint density at radius 3 is 1.40 bits per heavy atom. The molecule has 0 amide bonds. The van der Waals surface area contributed by atoms with Gasteiger partial charge in [-0.3, -0.25) is 9.59 Å². The minimum Gasteiger partial charge on any atom is -0.544 e. The predicted molar refractivity (Wildman–Crippen MR) is 240 cm³/mol.